The zero-order valence-corrected chi connectivity index (χ0v) is 17.4. The monoisotopic (exact) mass is 436 g/mol. The highest BCUT2D eigenvalue weighted by Gasteiger charge is 2.27. The molecule has 0 saturated carbocycles. The number of aromatic hydroxyl groups is 1. The van der Waals surface area contributed by atoms with Crippen LogP contribution in [0.25, 0.3) is 0 Å². The van der Waals surface area contributed by atoms with E-state index in [9.17, 15) is 14.7 Å². The van der Waals surface area contributed by atoms with Crippen molar-refractivity contribution >= 4 is 35.0 Å². The van der Waals surface area contributed by atoms with E-state index in [4.69, 9.17) is 27.9 Å². The molecule has 0 spiro atoms. The number of nitrogens with zero attached hydrogens (tertiary/aromatic N) is 1. The van der Waals surface area contributed by atoms with Crippen molar-refractivity contribution in [3.05, 3.63) is 58.1 Å². The van der Waals surface area contributed by atoms with Gasteiger partial charge in [0.2, 0.25) is 0 Å². The molecule has 2 N–H and O–H groups in total. The van der Waals surface area contributed by atoms with Crippen molar-refractivity contribution in [1.82, 2.24) is 10.2 Å². The summed E-state index contributed by atoms with van der Waals surface area (Å²) in [5.74, 6) is 0.256. The fraction of sp³-hybridized carbons (Fsp3) is 0.333. The molecule has 1 aliphatic heterocycles. The van der Waals surface area contributed by atoms with Crippen molar-refractivity contribution in [3.63, 3.8) is 0 Å². The fourth-order valence-corrected chi connectivity index (χ4v) is 3.53. The van der Waals surface area contributed by atoms with Crippen LogP contribution in [0.3, 0.4) is 0 Å². The maximum Gasteiger partial charge on any atom is 0.260 e. The van der Waals surface area contributed by atoms with Gasteiger partial charge in [-0.3, -0.25) is 9.59 Å². The smallest absolute Gasteiger partial charge is 0.260 e. The van der Waals surface area contributed by atoms with Gasteiger partial charge in [-0.15, -0.1) is 0 Å². The first-order valence-corrected chi connectivity index (χ1v) is 10.1. The Balaban J connectivity index is 1.50. The minimum absolute atomic E-state index is 0.0350. The Morgan fingerprint density at radius 2 is 1.79 bits per heavy atom. The molecule has 6 nitrogen and oxygen atoms in total. The van der Waals surface area contributed by atoms with E-state index >= 15 is 0 Å². The summed E-state index contributed by atoms with van der Waals surface area (Å²) in [4.78, 5) is 26.8. The summed E-state index contributed by atoms with van der Waals surface area (Å²) in [5, 5.41) is 13.1. The highest BCUT2D eigenvalue weighted by Crippen LogP contribution is 2.24. The molecule has 154 valence electrons. The number of halogens is 2. The summed E-state index contributed by atoms with van der Waals surface area (Å²) in [6.45, 7) is 2.70. The minimum Gasteiger partial charge on any atom is -0.508 e. The molecule has 1 heterocycles. The van der Waals surface area contributed by atoms with Gasteiger partial charge in [-0.25, -0.2) is 0 Å². The maximum atomic E-state index is 12.7. The molecule has 1 atom stereocenters. The van der Waals surface area contributed by atoms with Gasteiger partial charge in [0.05, 0.1) is 10.6 Å². The Hall–Kier alpha value is -2.44. The van der Waals surface area contributed by atoms with Crippen LogP contribution in [0.5, 0.6) is 11.5 Å². The molecule has 1 aliphatic rings. The first-order valence-electron chi connectivity index (χ1n) is 9.34. The molecule has 2 amide bonds. The number of carbonyl (C=O) groups excluding carboxylic acids is 2. The number of ether oxygens (including phenoxy) is 1. The highest BCUT2D eigenvalue weighted by atomic mass is 35.5. The highest BCUT2D eigenvalue weighted by molar-refractivity contribution is 6.35. The lowest BCUT2D eigenvalue weighted by atomic mass is 10.0. The largest absolute Gasteiger partial charge is 0.508 e. The van der Waals surface area contributed by atoms with Crippen molar-refractivity contribution in [2.75, 3.05) is 13.1 Å². The molecule has 8 heteroatoms. The standard InChI is InChI=1S/C21H22Cl2N2O4/c1-13(29-17-5-3-16(26)4-6-17)20(27)24-15-8-10-25(11-9-15)21(28)18-12-14(22)2-7-19(18)23/h2-7,12-13,15,26H,8-11H2,1H3,(H,24,27). The van der Waals surface area contributed by atoms with Crippen LogP contribution < -0.4 is 10.1 Å². The molecule has 1 unspecified atom stereocenters. The van der Waals surface area contributed by atoms with Crippen molar-refractivity contribution in [2.45, 2.75) is 31.9 Å². The van der Waals surface area contributed by atoms with Gasteiger partial charge in [-0.2, -0.15) is 0 Å². The Kier molecular flexibility index (Phi) is 6.87. The van der Waals surface area contributed by atoms with Gasteiger partial charge in [0, 0.05) is 24.2 Å². The van der Waals surface area contributed by atoms with E-state index in [1.54, 1.807) is 42.2 Å². The van der Waals surface area contributed by atoms with Gasteiger partial charge in [0.25, 0.3) is 11.8 Å². The summed E-state index contributed by atoms with van der Waals surface area (Å²) < 4.78 is 5.60. The van der Waals surface area contributed by atoms with Crippen LogP contribution in [0.4, 0.5) is 0 Å². The number of carbonyl (C=O) groups is 2. The van der Waals surface area contributed by atoms with E-state index in [-0.39, 0.29) is 23.6 Å². The van der Waals surface area contributed by atoms with Crippen LogP contribution in [0.15, 0.2) is 42.5 Å². The number of phenolic OH excluding ortho intramolecular Hbond substituents is 1. The molecule has 2 aromatic carbocycles. The third kappa shape index (κ3) is 5.55. The molecule has 29 heavy (non-hydrogen) atoms. The van der Waals surface area contributed by atoms with Crippen molar-refractivity contribution < 1.29 is 19.4 Å². The van der Waals surface area contributed by atoms with Crippen LogP contribution in [0, 0.1) is 0 Å². The van der Waals surface area contributed by atoms with Gasteiger partial charge < -0.3 is 20.1 Å². The van der Waals surface area contributed by atoms with Gasteiger partial charge in [-0.05, 0) is 62.2 Å². The lowest BCUT2D eigenvalue weighted by Gasteiger charge is -2.33. The Morgan fingerprint density at radius 3 is 2.45 bits per heavy atom. The molecule has 3 rings (SSSR count). The number of rotatable bonds is 5. The average Bonchev–Trinajstić information content (AvgIpc) is 2.71. The normalized spacial score (nSPS) is 15.6. The lowest BCUT2D eigenvalue weighted by molar-refractivity contribution is -0.128. The molecule has 0 bridgehead atoms. The van der Waals surface area contributed by atoms with E-state index in [1.165, 1.54) is 12.1 Å². The van der Waals surface area contributed by atoms with Gasteiger partial charge in [-0.1, -0.05) is 23.2 Å². The average molecular weight is 437 g/mol. The topological polar surface area (TPSA) is 78.9 Å². The first kappa shape index (κ1) is 21.3. The van der Waals surface area contributed by atoms with Crippen LogP contribution in [-0.4, -0.2) is 47.1 Å². The second kappa shape index (κ2) is 9.37. The van der Waals surface area contributed by atoms with Crippen molar-refractivity contribution in [3.8, 4) is 11.5 Å². The van der Waals surface area contributed by atoms with E-state index in [2.05, 4.69) is 5.32 Å². The van der Waals surface area contributed by atoms with E-state index in [0.29, 0.717) is 47.3 Å². The Morgan fingerprint density at radius 1 is 1.14 bits per heavy atom. The maximum absolute atomic E-state index is 12.7. The number of hydrogen-bond donors (Lipinski definition) is 2. The van der Waals surface area contributed by atoms with Crippen molar-refractivity contribution in [1.29, 1.82) is 0 Å². The third-order valence-corrected chi connectivity index (χ3v) is 5.37. The van der Waals surface area contributed by atoms with Crippen LogP contribution >= 0.6 is 23.2 Å². The molecule has 0 aliphatic carbocycles. The SMILES string of the molecule is CC(Oc1ccc(O)cc1)C(=O)NC1CCN(C(=O)c2cc(Cl)ccc2Cl)CC1. The zero-order chi connectivity index (χ0) is 21.0. The zero-order valence-electron chi connectivity index (χ0n) is 15.9. The molecular weight excluding hydrogens is 415 g/mol. The predicted octanol–water partition coefficient (Wildman–Crippen LogP) is 3.89. The van der Waals surface area contributed by atoms with Gasteiger partial charge in [0.15, 0.2) is 6.10 Å². The number of amides is 2. The van der Waals surface area contributed by atoms with E-state index < -0.39 is 6.10 Å². The molecule has 1 saturated heterocycles. The van der Waals surface area contributed by atoms with Gasteiger partial charge >= 0.3 is 0 Å². The number of likely N-dealkylation sites (tertiary alicyclic amines) is 1. The molecule has 0 radical (unpaired) electrons. The van der Waals surface area contributed by atoms with E-state index in [0.717, 1.165) is 0 Å². The number of phenols is 1. The minimum atomic E-state index is -0.676. The summed E-state index contributed by atoms with van der Waals surface area (Å²) >= 11 is 12.1. The van der Waals surface area contributed by atoms with Crippen molar-refractivity contribution in [2.24, 2.45) is 0 Å². The molecule has 1 fully saturated rings. The lowest BCUT2D eigenvalue weighted by Crippen LogP contribution is -2.49. The first-order chi connectivity index (χ1) is 13.8. The van der Waals surface area contributed by atoms with Crippen LogP contribution in [0.2, 0.25) is 10.0 Å². The molecule has 2 aromatic rings. The number of hydrogen-bond acceptors (Lipinski definition) is 4. The number of nitrogens with one attached hydrogen (secondary N) is 1. The summed E-state index contributed by atoms with van der Waals surface area (Å²) in [6, 6.07) is 11.0. The predicted molar refractivity (Wildman–Crippen MR) is 112 cm³/mol. The van der Waals surface area contributed by atoms with E-state index in [1.807, 2.05) is 0 Å². The Labute approximate surface area is 179 Å². The summed E-state index contributed by atoms with van der Waals surface area (Å²) in [5.41, 5.74) is 0.387. The second-order valence-electron chi connectivity index (χ2n) is 6.95. The van der Waals surface area contributed by atoms with Crippen LogP contribution in [0.1, 0.15) is 30.1 Å². The van der Waals surface area contributed by atoms with Gasteiger partial charge in [0.1, 0.15) is 11.5 Å². The third-order valence-electron chi connectivity index (χ3n) is 4.81. The summed E-state index contributed by atoms with van der Waals surface area (Å²) in [6.07, 6.45) is 0.605. The number of benzene rings is 2. The Bertz CT molecular complexity index is 881. The fourth-order valence-electron chi connectivity index (χ4n) is 3.16. The second-order valence-corrected chi connectivity index (χ2v) is 7.80. The molecule has 0 aromatic heterocycles. The number of piperidine rings is 1. The summed E-state index contributed by atoms with van der Waals surface area (Å²) in [7, 11) is 0. The quantitative estimate of drug-likeness (QED) is 0.744. The molecular formula is C21H22Cl2N2O4. The van der Waals surface area contributed by atoms with Crippen LogP contribution in [-0.2, 0) is 4.79 Å².